The van der Waals surface area contributed by atoms with Gasteiger partial charge in [-0.15, -0.1) is 0 Å². The van der Waals surface area contributed by atoms with Gasteiger partial charge in [0, 0.05) is 13.8 Å². The van der Waals surface area contributed by atoms with E-state index in [4.69, 9.17) is 33.2 Å². The fraction of sp³-hybridized carbons (Fsp3) is 0.929. The van der Waals surface area contributed by atoms with Gasteiger partial charge in [0.1, 0.15) is 97.5 Å². The van der Waals surface area contributed by atoms with Crippen LogP contribution in [0.2, 0.25) is 0 Å². The quantitative estimate of drug-likeness (QED) is 0.0723. The molecule has 26 nitrogen and oxygen atoms in total. The van der Waals surface area contributed by atoms with E-state index in [9.17, 15) is 78.7 Å². The molecular weight excluding hydrogens is 780 g/mol. The van der Waals surface area contributed by atoms with Crippen molar-refractivity contribution < 1.29 is 116 Å². The lowest BCUT2D eigenvalue weighted by Gasteiger charge is -2.48. The molecule has 4 saturated heterocycles. The minimum Gasteiger partial charge on any atom is -0.394 e. The highest BCUT2D eigenvalue weighted by atomic mass is 32.3. The lowest BCUT2D eigenvalue weighted by atomic mass is 9.94. The van der Waals surface area contributed by atoms with Crippen LogP contribution in [0, 0.1) is 0 Å². The molecule has 0 radical (unpaired) electrons. The highest BCUT2D eigenvalue weighted by Crippen LogP contribution is 2.32. The number of aliphatic hydroxyl groups is 11. The topological polar surface area (TPSA) is 409 Å². The molecule has 55 heavy (non-hydrogen) atoms. The highest BCUT2D eigenvalue weighted by Gasteiger charge is 2.54. The van der Waals surface area contributed by atoms with Crippen LogP contribution in [0.15, 0.2) is 0 Å². The fourth-order valence-corrected chi connectivity index (χ4v) is 6.69. The zero-order chi connectivity index (χ0) is 41.1. The molecule has 0 bridgehead atoms. The number of ether oxygens (including phenoxy) is 7. The minimum atomic E-state index is -5.19. The van der Waals surface area contributed by atoms with E-state index < -0.39 is 171 Å². The Hall–Kier alpha value is -1.91. The third kappa shape index (κ3) is 11.0. The number of nitrogens with one attached hydrogen (secondary N) is 2. The van der Waals surface area contributed by atoms with Crippen molar-refractivity contribution in [2.75, 3.05) is 26.4 Å². The largest absolute Gasteiger partial charge is 0.397 e. The lowest BCUT2D eigenvalue weighted by molar-refractivity contribution is -0.355. The first kappa shape index (κ1) is 45.8. The second-order valence-electron chi connectivity index (χ2n) is 13.2. The van der Waals surface area contributed by atoms with Crippen molar-refractivity contribution in [3.8, 4) is 0 Å². The standard InChI is InChI=1S/C28H48N2O24S/c1-7(33)29-13-18(38)23(53-27-21(41)19(39)15(35)9(3-31)50-27)12(6-48-55(44,45)46)52-26(13)47-5-11-17(37)24(14(25(43)49-11)30-8(2)34)54-28-22(42)20(40)16(36)10(4-32)51-28/h9-28,31-32,35-43H,3-6H2,1-2H3,(H,29,33)(H,30,34)(H,44,45,46)/t9-,10-,11-,12-,13-,14-,15+,16+,17+,18-,19+,20+,21-,22-,23-,24-,25+,26?,27?,28?/m1/s1. The van der Waals surface area contributed by atoms with Gasteiger partial charge in [-0.2, -0.15) is 8.42 Å². The van der Waals surface area contributed by atoms with Crippen LogP contribution in [0.5, 0.6) is 0 Å². The van der Waals surface area contributed by atoms with E-state index in [0.717, 1.165) is 13.8 Å². The molecule has 4 aliphatic heterocycles. The van der Waals surface area contributed by atoms with Crippen LogP contribution in [0.1, 0.15) is 13.8 Å². The molecule has 0 spiro atoms. The predicted molar refractivity (Wildman–Crippen MR) is 167 cm³/mol. The van der Waals surface area contributed by atoms with Crippen molar-refractivity contribution in [2.45, 2.75) is 137 Å². The first-order valence-corrected chi connectivity index (χ1v) is 18.1. The van der Waals surface area contributed by atoms with Crippen molar-refractivity contribution in [3.05, 3.63) is 0 Å². The Balaban J connectivity index is 1.58. The zero-order valence-electron chi connectivity index (χ0n) is 29.0. The van der Waals surface area contributed by atoms with Crippen LogP contribution in [0.25, 0.3) is 0 Å². The Labute approximate surface area is 311 Å². The van der Waals surface area contributed by atoms with E-state index in [1.807, 2.05) is 0 Å². The molecule has 4 rings (SSSR count). The Morgan fingerprint density at radius 3 is 1.51 bits per heavy atom. The van der Waals surface area contributed by atoms with Crippen LogP contribution in [0.4, 0.5) is 0 Å². The average Bonchev–Trinajstić information content (AvgIpc) is 3.11. The van der Waals surface area contributed by atoms with Gasteiger partial charge in [0.05, 0.1) is 26.4 Å². The number of rotatable bonds is 14. The van der Waals surface area contributed by atoms with Crippen molar-refractivity contribution in [1.29, 1.82) is 0 Å². The van der Waals surface area contributed by atoms with Crippen molar-refractivity contribution in [1.82, 2.24) is 10.6 Å². The normalized spacial score (nSPS) is 45.5. The molecule has 0 aromatic heterocycles. The van der Waals surface area contributed by atoms with Crippen LogP contribution >= 0.6 is 0 Å². The molecule has 14 N–H and O–H groups in total. The first-order chi connectivity index (χ1) is 25.7. The van der Waals surface area contributed by atoms with E-state index in [-0.39, 0.29) is 0 Å². The summed E-state index contributed by atoms with van der Waals surface area (Å²) in [5, 5.41) is 119. The maximum atomic E-state index is 12.2. The third-order valence-electron chi connectivity index (χ3n) is 9.19. The monoisotopic (exact) mass is 828 g/mol. The van der Waals surface area contributed by atoms with Crippen LogP contribution < -0.4 is 10.6 Å². The van der Waals surface area contributed by atoms with Crippen LogP contribution in [-0.2, 0) is 57.3 Å². The molecule has 320 valence electrons. The summed E-state index contributed by atoms with van der Waals surface area (Å²) in [5.41, 5.74) is 0. The summed E-state index contributed by atoms with van der Waals surface area (Å²) in [4.78, 5) is 24.2. The number of carbonyl (C=O) groups excluding carboxylic acids is 2. The van der Waals surface area contributed by atoms with E-state index in [0.29, 0.717) is 0 Å². The maximum absolute atomic E-state index is 12.2. The van der Waals surface area contributed by atoms with Crippen molar-refractivity contribution in [2.24, 2.45) is 0 Å². The van der Waals surface area contributed by atoms with Gasteiger partial charge in [0.15, 0.2) is 25.2 Å². The summed E-state index contributed by atoms with van der Waals surface area (Å²) in [7, 11) is -5.19. The Bertz CT molecular complexity index is 1380. The SMILES string of the molecule is CC(=O)N[C@@H]1[C@@H](OC2O[C@H](CO)[C@H](O)[C@H](O)[C@H]2O)[C@@H](O)[C@@H](COC2O[C@H](COS(=O)(=O)O)[C@@H](OC3O[C@H](CO)[C@H](O)[C@H](O)[C@H]3O)[C@H](O)[C@H]2NC(C)=O)O[C@@H]1O. The number of hydrogen-bond donors (Lipinski definition) is 14. The van der Waals surface area contributed by atoms with Gasteiger partial charge < -0.3 is 100.0 Å². The van der Waals surface area contributed by atoms with Gasteiger partial charge >= 0.3 is 10.4 Å². The third-order valence-corrected chi connectivity index (χ3v) is 9.63. The lowest BCUT2D eigenvalue weighted by Crippen LogP contribution is -2.69. The molecule has 2 amide bonds. The molecular formula is C28H48N2O24S. The predicted octanol–water partition coefficient (Wildman–Crippen LogP) is -9.63. The molecule has 3 unspecified atom stereocenters. The summed E-state index contributed by atoms with van der Waals surface area (Å²) in [6.07, 6.45) is -33.1. The van der Waals surface area contributed by atoms with Crippen molar-refractivity contribution in [3.63, 3.8) is 0 Å². The van der Waals surface area contributed by atoms with Gasteiger partial charge in [-0.1, -0.05) is 0 Å². The van der Waals surface area contributed by atoms with Gasteiger partial charge in [-0.3, -0.25) is 14.1 Å². The van der Waals surface area contributed by atoms with E-state index in [2.05, 4.69) is 14.8 Å². The fourth-order valence-electron chi connectivity index (χ4n) is 6.39. The molecule has 20 atom stereocenters. The molecule has 4 fully saturated rings. The first-order valence-electron chi connectivity index (χ1n) is 16.7. The average molecular weight is 829 g/mol. The number of aliphatic hydroxyl groups excluding tert-OH is 11. The molecule has 0 saturated carbocycles. The molecule has 27 heteroatoms. The Kier molecular flexibility index (Phi) is 16.0. The van der Waals surface area contributed by atoms with Crippen molar-refractivity contribution >= 4 is 22.2 Å². The van der Waals surface area contributed by atoms with Gasteiger partial charge in [-0.05, 0) is 0 Å². The summed E-state index contributed by atoms with van der Waals surface area (Å²) in [6.45, 7) is -1.64. The molecule has 4 aliphatic rings. The number of hydrogen-bond acceptors (Lipinski definition) is 23. The number of amides is 2. The van der Waals surface area contributed by atoms with E-state index in [1.165, 1.54) is 0 Å². The van der Waals surface area contributed by atoms with Gasteiger partial charge in [0.25, 0.3) is 0 Å². The summed E-state index contributed by atoms with van der Waals surface area (Å²) >= 11 is 0. The molecule has 0 aromatic carbocycles. The minimum absolute atomic E-state index is 0.752. The maximum Gasteiger partial charge on any atom is 0.397 e. The zero-order valence-corrected chi connectivity index (χ0v) is 29.9. The summed E-state index contributed by atoms with van der Waals surface area (Å²) in [6, 6.07) is -3.26. The van der Waals surface area contributed by atoms with Crippen LogP contribution in [-0.4, -0.2) is 230 Å². The highest BCUT2D eigenvalue weighted by molar-refractivity contribution is 7.80. The van der Waals surface area contributed by atoms with E-state index in [1.54, 1.807) is 0 Å². The Morgan fingerprint density at radius 1 is 0.564 bits per heavy atom. The number of carbonyl (C=O) groups is 2. The molecule has 0 aromatic rings. The summed E-state index contributed by atoms with van der Waals surface area (Å²) < 4.78 is 75.4. The smallest absolute Gasteiger partial charge is 0.394 e. The van der Waals surface area contributed by atoms with E-state index >= 15 is 0 Å². The summed E-state index contributed by atoms with van der Waals surface area (Å²) in [5.74, 6) is -1.56. The molecule has 4 heterocycles. The Morgan fingerprint density at radius 2 is 1.04 bits per heavy atom. The van der Waals surface area contributed by atoms with Crippen LogP contribution in [0.3, 0.4) is 0 Å². The van der Waals surface area contributed by atoms with Gasteiger partial charge in [0.2, 0.25) is 11.8 Å². The second-order valence-corrected chi connectivity index (χ2v) is 14.3. The van der Waals surface area contributed by atoms with Gasteiger partial charge in [-0.25, -0.2) is 4.18 Å². The molecule has 0 aliphatic carbocycles. The second kappa shape index (κ2) is 19.2.